The molecule has 0 aliphatic carbocycles. The molecule has 3 aromatic rings. The van der Waals surface area contributed by atoms with Gasteiger partial charge < -0.3 is 5.73 Å². The molecule has 0 aliphatic rings. The highest BCUT2D eigenvalue weighted by atomic mass is 19.4. The Labute approximate surface area is 135 Å². The van der Waals surface area contributed by atoms with E-state index < -0.39 is 17.7 Å². The molecule has 124 valence electrons. The number of benzene rings is 2. The fourth-order valence-electron chi connectivity index (χ4n) is 2.41. The number of nitrogens with two attached hydrogens (primary N) is 1. The van der Waals surface area contributed by atoms with Gasteiger partial charge >= 0.3 is 6.18 Å². The van der Waals surface area contributed by atoms with E-state index in [1.165, 1.54) is 12.1 Å². The number of halogens is 4. The second-order valence-electron chi connectivity index (χ2n) is 5.36. The Hall–Kier alpha value is -2.83. The van der Waals surface area contributed by atoms with E-state index in [2.05, 4.69) is 5.10 Å². The van der Waals surface area contributed by atoms with E-state index in [-0.39, 0.29) is 16.9 Å². The lowest BCUT2D eigenvalue weighted by atomic mass is 10.1. The molecule has 0 atom stereocenters. The first-order valence-electron chi connectivity index (χ1n) is 7.06. The van der Waals surface area contributed by atoms with E-state index in [0.29, 0.717) is 5.69 Å². The van der Waals surface area contributed by atoms with Crippen molar-refractivity contribution in [2.75, 3.05) is 5.73 Å². The quantitative estimate of drug-likeness (QED) is 0.696. The molecule has 0 fully saturated rings. The predicted molar refractivity (Wildman–Crippen MR) is 83.1 cm³/mol. The van der Waals surface area contributed by atoms with Crippen LogP contribution in [-0.2, 0) is 6.18 Å². The van der Waals surface area contributed by atoms with Gasteiger partial charge in [0, 0.05) is 0 Å². The van der Waals surface area contributed by atoms with Crippen molar-refractivity contribution in [3.05, 3.63) is 65.6 Å². The van der Waals surface area contributed by atoms with Gasteiger partial charge in [-0.15, -0.1) is 0 Å². The molecule has 3 nitrogen and oxygen atoms in total. The third kappa shape index (κ3) is 2.84. The molecule has 0 spiro atoms. The van der Waals surface area contributed by atoms with Crippen LogP contribution in [-0.4, -0.2) is 9.78 Å². The van der Waals surface area contributed by atoms with E-state index in [4.69, 9.17) is 5.73 Å². The zero-order valence-corrected chi connectivity index (χ0v) is 12.6. The van der Waals surface area contributed by atoms with Crippen molar-refractivity contribution in [1.29, 1.82) is 0 Å². The van der Waals surface area contributed by atoms with E-state index >= 15 is 0 Å². The molecule has 0 bridgehead atoms. The largest absolute Gasteiger partial charge is 0.435 e. The average Bonchev–Trinajstić information content (AvgIpc) is 2.87. The van der Waals surface area contributed by atoms with Crippen molar-refractivity contribution in [2.45, 2.75) is 13.1 Å². The maximum atomic E-state index is 13.4. The lowest BCUT2D eigenvalue weighted by Crippen LogP contribution is -2.08. The number of rotatable bonds is 2. The van der Waals surface area contributed by atoms with Gasteiger partial charge in [0.25, 0.3) is 0 Å². The number of aromatic nitrogens is 2. The molecule has 3 rings (SSSR count). The van der Waals surface area contributed by atoms with Crippen LogP contribution in [0.3, 0.4) is 0 Å². The number of hydrogen-bond acceptors (Lipinski definition) is 2. The third-order valence-electron chi connectivity index (χ3n) is 3.60. The lowest BCUT2D eigenvalue weighted by molar-refractivity contribution is -0.140. The van der Waals surface area contributed by atoms with Crippen LogP contribution in [0.4, 0.5) is 23.4 Å². The Balaban J connectivity index is 2.23. The van der Waals surface area contributed by atoms with Gasteiger partial charge in [-0.1, -0.05) is 29.8 Å². The fourth-order valence-corrected chi connectivity index (χ4v) is 2.41. The van der Waals surface area contributed by atoms with Gasteiger partial charge in [0.1, 0.15) is 11.6 Å². The second kappa shape index (κ2) is 5.67. The van der Waals surface area contributed by atoms with Crippen molar-refractivity contribution in [1.82, 2.24) is 9.78 Å². The minimum Gasteiger partial charge on any atom is -0.383 e. The first kappa shape index (κ1) is 16.0. The summed E-state index contributed by atoms with van der Waals surface area (Å²) in [5, 5.41) is 3.65. The number of nitrogens with zero attached hydrogens (tertiary/aromatic N) is 2. The van der Waals surface area contributed by atoms with Gasteiger partial charge in [0.2, 0.25) is 0 Å². The number of nitrogen functional groups attached to an aromatic ring is 1. The molecular weight excluding hydrogens is 322 g/mol. The molecule has 7 heteroatoms. The second-order valence-corrected chi connectivity index (χ2v) is 5.36. The lowest BCUT2D eigenvalue weighted by Gasteiger charge is -2.07. The van der Waals surface area contributed by atoms with E-state index in [0.717, 1.165) is 22.4 Å². The monoisotopic (exact) mass is 335 g/mol. The zero-order chi connectivity index (χ0) is 17.5. The van der Waals surface area contributed by atoms with Gasteiger partial charge in [-0.2, -0.15) is 18.3 Å². The molecule has 1 aromatic heterocycles. The van der Waals surface area contributed by atoms with E-state index in [1.54, 1.807) is 24.3 Å². The van der Waals surface area contributed by atoms with Crippen LogP contribution < -0.4 is 5.73 Å². The third-order valence-corrected chi connectivity index (χ3v) is 3.60. The maximum absolute atomic E-state index is 13.4. The van der Waals surface area contributed by atoms with Crippen molar-refractivity contribution in [3.8, 4) is 16.8 Å². The highest BCUT2D eigenvalue weighted by molar-refractivity contribution is 5.78. The number of aryl methyl sites for hydroxylation is 1. The summed E-state index contributed by atoms with van der Waals surface area (Å²) in [5.41, 5.74) is 6.11. The molecular formula is C17H13F4N3. The number of hydrogen-bond donors (Lipinski definition) is 1. The van der Waals surface area contributed by atoms with Crippen LogP contribution in [0.1, 0.15) is 11.3 Å². The summed E-state index contributed by atoms with van der Waals surface area (Å²) in [6.45, 7) is 1.86. The first-order chi connectivity index (χ1) is 11.3. The van der Waals surface area contributed by atoms with Crippen LogP contribution in [0.25, 0.3) is 16.8 Å². The Kier molecular flexibility index (Phi) is 3.79. The first-order valence-corrected chi connectivity index (χ1v) is 7.06. The van der Waals surface area contributed by atoms with Gasteiger partial charge in [0.05, 0.1) is 11.3 Å². The van der Waals surface area contributed by atoms with Crippen LogP contribution in [0.15, 0.2) is 48.5 Å². The number of alkyl halides is 3. The summed E-state index contributed by atoms with van der Waals surface area (Å²) >= 11 is 0. The van der Waals surface area contributed by atoms with Gasteiger partial charge in [-0.25, -0.2) is 9.07 Å². The van der Waals surface area contributed by atoms with Crippen molar-refractivity contribution in [3.63, 3.8) is 0 Å². The van der Waals surface area contributed by atoms with E-state index in [1.807, 2.05) is 6.92 Å². The Morgan fingerprint density at radius 3 is 2.08 bits per heavy atom. The topological polar surface area (TPSA) is 43.8 Å². The van der Waals surface area contributed by atoms with Crippen LogP contribution >= 0.6 is 0 Å². The minimum absolute atomic E-state index is 0.152. The zero-order valence-electron chi connectivity index (χ0n) is 12.6. The molecule has 0 radical (unpaired) electrons. The molecule has 0 amide bonds. The summed E-state index contributed by atoms with van der Waals surface area (Å²) < 4.78 is 54.3. The number of anilines is 1. The SMILES string of the molecule is Cc1ccc(-n2nc(C(F)(F)F)c(-c3ccc(F)cc3)c2N)cc1. The van der Waals surface area contributed by atoms with Crippen LogP contribution in [0.5, 0.6) is 0 Å². The van der Waals surface area contributed by atoms with Crippen molar-refractivity contribution >= 4 is 5.82 Å². The molecule has 0 unspecified atom stereocenters. The van der Waals surface area contributed by atoms with Crippen LogP contribution in [0, 0.1) is 12.7 Å². The molecule has 2 N–H and O–H groups in total. The summed E-state index contributed by atoms with van der Waals surface area (Å²) in [4.78, 5) is 0. The normalized spacial score (nSPS) is 11.7. The van der Waals surface area contributed by atoms with E-state index in [9.17, 15) is 17.6 Å². The Morgan fingerprint density at radius 2 is 1.54 bits per heavy atom. The van der Waals surface area contributed by atoms with Gasteiger partial charge in [-0.3, -0.25) is 0 Å². The molecule has 24 heavy (non-hydrogen) atoms. The molecule has 0 aliphatic heterocycles. The fraction of sp³-hybridized carbons (Fsp3) is 0.118. The van der Waals surface area contributed by atoms with Crippen LogP contribution in [0.2, 0.25) is 0 Å². The van der Waals surface area contributed by atoms with Crippen molar-refractivity contribution in [2.24, 2.45) is 0 Å². The summed E-state index contributed by atoms with van der Waals surface area (Å²) in [5.74, 6) is -0.699. The summed E-state index contributed by atoms with van der Waals surface area (Å²) in [7, 11) is 0. The summed E-state index contributed by atoms with van der Waals surface area (Å²) in [6, 6.07) is 11.4. The molecule has 2 aromatic carbocycles. The van der Waals surface area contributed by atoms with Gasteiger partial charge in [-0.05, 0) is 36.8 Å². The standard InChI is InChI=1S/C17H13F4N3/c1-10-2-8-13(9-3-10)24-16(22)14(15(23-24)17(19,20)21)11-4-6-12(18)7-5-11/h2-9H,22H2,1H3. The predicted octanol–water partition coefficient (Wildman–Crippen LogP) is 4.59. The Morgan fingerprint density at radius 1 is 0.958 bits per heavy atom. The molecule has 0 saturated heterocycles. The maximum Gasteiger partial charge on any atom is 0.435 e. The van der Waals surface area contributed by atoms with Gasteiger partial charge in [0.15, 0.2) is 5.69 Å². The molecule has 1 heterocycles. The minimum atomic E-state index is -4.69. The summed E-state index contributed by atoms with van der Waals surface area (Å²) in [6.07, 6.45) is -4.69. The molecule has 0 saturated carbocycles. The average molecular weight is 335 g/mol. The Bertz CT molecular complexity index is 863. The van der Waals surface area contributed by atoms with Crippen molar-refractivity contribution < 1.29 is 17.6 Å². The highest BCUT2D eigenvalue weighted by Gasteiger charge is 2.39. The smallest absolute Gasteiger partial charge is 0.383 e. The highest BCUT2D eigenvalue weighted by Crippen LogP contribution is 2.40.